The van der Waals surface area contributed by atoms with Crippen molar-refractivity contribution in [2.75, 3.05) is 0 Å². The minimum absolute atomic E-state index is 0.226. The minimum atomic E-state index is -0.226. The van der Waals surface area contributed by atoms with Crippen LogP contribution in [0.25, 0.3) is 59.8 Å². The van der Waals surface area contributed by atoms with Gasteiger partial charge in [-0.2, -0.15) is 0 Å². The first-order valence-corrected chi connectivity index (χ1v) is 10.8. The van der Waals surface area contributed by atoms with Crippen molar-refractivity contribution in [3.63, 3.8) is 0 Å². The highest BCUT2D eigenvalue weighted by atomic mass is 19.1. The molecule has 7 aromatic rings. The van der Waals surface area contributed by atoms with Crippen molar-refractivity contribution in [3.05, 3.63) is 115 Å². The summed E-state index contributed by atoms with van der Waals surface area (Å²) in [6.45, 7) is 0. The third-order valence-electron chi connectivity index (χ3n) is 6.61. The maximum absolute atomic E-state index is 13.8. The molecule has 0 atom stereocenters. The standard InChI is InChI=1S/C30H18FN/c31-20-14-16-21(17-15-20)32-27-12-6-5-11-26(27)29-28-22-8-2-1-7-19(22)13-18-24(28)23-9-3-4-10-25(23)30(29)32/h1-18H. The number of fused-ring (bicyclic) bond motifs is 10. The van der Waals surface area contributed by atoms with Gasteiger partial charge >= 0.3 is 0 Å². The van der Waals surface area contributed by atoms with E-state index in [1.54, 1.807) is 0 Å². The molecule has 0 saturated carbocycles. The lowest BCUT2D eigenvalue weighted by Crippen LogP contribution is -1.95. The number of halogens is 1. The van der Waals surface area contributed by atoms with Gasteiger partial charge in [0.15, 0.2) is 0 Å². The second-order valence-corrected chi connectivity index (χ2v) is 8.31. The van der Waals surface area contributed by atoms with E-state index in [4.69, 9.17) is 0 Å². The highest BCUT2D eigenvalue weighted by Crippen LogP contribution is 2.44. The molecule has 0 aliphatic rings. The van der Waals surface area contributed by atoms with Crippen LogP contribution < -0.4 is 0 Å². The van der Waals surface area contributed by atoms with Crippen molar-refractivity contribution in [2.24, 2.45) is 0 Å². The van der Waals surface area contributed by atoms with Gasteiger partial charge in [-0.05, 0) is 51.9 Å². The zero-order valence-corrected chi connectivity index (χ0v) is 17.2. The average molecular weight is 411 g/mol. The van der Waals surface area contributed by atoms with E-state index in [0.29, 0.717) is 0 Å². The molecule has 0 aliphatic heterocycles. The van der Waals surface area contributed by atoms with Gasteiger partial charge in [0.05, 0.1) is 11.0 Å². The summed E-state index contributed by atoms with van der Waals surface area (Å²) < 4.78 is 16.1. The maximum Gasteiger partial charge on any atom is 0.123 e. The second kappa shape index (κ2) is 6.41. The molecule has 1 heterocycles. The predicted octanol–water partition coefficient (Wildman–Crippen LogP) is 8.38. The Kier molecular flexibility index (Phi) is 3.51. The Morgan fingerprint density at radius 1 is 0.469 bits per heavy atom. The van der Waals surface area contributed by atoms with E-state index in [9.17, 15) is 4.39 Å². The molecule has 0 fully saturated rings. The van der Waals surface area contributed by atoms with Crippen LogP contribution in [-0.2, 0) is 0 Å². The Balaban J connectivity index is 1.87. The fourth-order valence-corrected chi connectivity index (χ4v) is 5.30. The van der Waals surface area contributed by atoms with Gasteiger partial charge in [0.25, 0.3) is 0 Å². The normalized spacial score (nSPS) is 11.9. The summed E-state index contributed by atoms with van der Waals surface area (Å²) >= 11 is 0. The van der Waals surface area contributed by atoms with Crippen LogP contribution in [0.1, 0.15) is 0 Å². The van der Waals surface area contributed by atoms with Crippen molar-refractivity contribution in [2.45, 2.75) is 0 Å². The lowest BCUT2D eigenvalue weighted by molar-refractivity contribution is 0.627. The second-order valence-electron chi connectivity index (χ2n) is 8.31. The Bertz CT molecular complexity index is 1820. The molecule has 0 spiro atoms. The first-order valence-electron chi connectivity index (χ1n) is 10.8. The largest absolute Gasteiger partial charge is 0.309 e. The van der Waals surface area contributed by atoms with Gasteiger partial charge in [-0.25, -0.2) is 4.39 Å². The summed E-state index contributed by atoms with van der Waals surface area (Å²) in [4.78, 5) is 0. The molecule has 2 heteroatoms. The molecule has 0 unspecified atom stereocenters. The molecule has 32 heavy (non-hydrogen) atoms. The van der Waals surface area contributed by atoms with Crippen LogP contribution in [-0.4, -0.2) is 4.57 Å². The number of benzene rings is 6. The van der Waals surface area contributed by atoms with Crippen molar-refractivity contribution in [1.82, 2.24) is 4.57 Å². The van der Waals surface area contributed by atoms with E-state index in [-0.39, 0.29) is 5.82 Å². The van der Waals surface area contributed by atoms with E-state index in [1.807, 2.05) is 12.1 Å². The molecule has 0 N–H and O–H groups in total. The summed E-state index contributed by atoms with van der Waals surface area (Å²) in [6, 6.07) is 37.0. The van der Waals surface area contributed by atoms with Gasteiger partial charge in [-0.3, -0.25) is 0 Å². The van der Waals surface area contributed by atoms with Crippen molar-refractivity contribution >= 4 is 54.1 Å². The van der Waals surface area contributed by atoms with Gasteiger partial charge in [0.2, 0.25) is 0 Å². The molecule has 0 bridgehead atoms. The smallest absolute Gasteiger partial charge is 0.123 e. The van der Waals surface area contributed by atoms with Gasteiger partial charge in [-0.1, -0.05) is 78.9 Å². The van der Waals surface area contributed by atoms with Crippen molar-refractivity contribution < 1.29 is 4.39 Å². The van der Waals surface area contributed by atoms with Crippen LogP contribution >= 0.6 is 0 Å². The SMILES string of the molecule is Fc1ccc(-n2c3ccccc3c3c4c5ccccc5ccc4c4ccccc4c32)cc1. The first kappa shape index (κ1) is 17.5. The maximum atomic E-state index is 13.8. The third-order valence-corrected chi connectivity index (χ3v) is 6.61. The molecule has 6 aromatic carbocycles. The van der Waals surface area contributed by atoms with E-state index in [0.717, 1.165) is 16.7 Å². The molecule has 150 valence electrons. The Morgan fingerprint density at radius 3 is 1.94 bits per heavy atom. The molecule has 0 amide bonds. The molecule has 7 rings (SSSR count). The van der Waals surface area contributed by atoms with Crippen LogP contribution in [0, 0.1) is 5.82 Å². The van der Waals surface area contributed by atoms with Gasteiger partial charge in [0, 0.05) is 27.2 Å². The van der Waals surface area contributed by atoms with E-state index >= 15 is 0 Å². The molecule has 0 aliphatic carbocycles. The Labute approximate surface area is 183 Å². The Hall–Kier alpha value is -4.17. The Morgan fingerprint density at radius 2 is 1.12 bits per heavy atom. The van der Waals surface area contributed by atoms with Gasteiger partial charge < -0.3 is 4.57 Å². The number of hydrogen-bond acceptors (Lipinski definition) is 0. The molecular formula is C30H18FN. The molecular weight excluding hydrogens is 393 g/mol. The van der Waals surface area contributed by atoms with Crippen molar-refractivity contribution in [1.29, 1.82) is 0 Å². The number of rotatable bonds is 1. The number of hydrogen-bond donors (Lipinski definition) is 0. The average Bonchev–Trinajstić information content (AvgIpc) is 3.20. The quantitative estimate of drug-likeness (QED) is 0.239. The summed E-state index contributed by atoms with van der Waals surface area (Å²) in [7, 11) is 0. The third kappa shape index (κ3) is 2.27. The number of aromatic nitrogens is 1. The van der Waals surface area contributed by atoms with Crippen LogP contribution in [0.5, 0.6) is 0 Å². The number of nitrogens with zero attached hydrogens (tertiary/aromatic N) is 1. The molecule has 1 nitrogen and oxygen atoms in total. The number of para-hydroxylation sites is 1. The highest BCUT2D eigenvalue weighted by molar-refractivity contribution is 6.36. The lowest BCUT2D eigenvalue weighted by atomic mass is 9.93. The summed E-state index contributed by atoms with van der Waals surface area (Å²) in [5, 5.41) is 9.90. The van der Waals surface area contributed by atoms with Crippen LogP contribution in [0.15, 0.2) is 109 Å². The van der Waals surface area contributed by atoms with Crippen molar-refractivity contribution in [3.8, 4) is 5.69 Å². The van der Waals surface area contributed by atoms with E-state index in [2.05, 4.69) is 89.5 Å². The fraction of sp³-hybridized carbons (Fsp3) is 0. The minimum Gasteiger partial charge on any atom is -0.309 e. The topological polar surface area (TPSA) is 4.93 Å². The zero-order chi connectivity index (χ0) is 21.2. The van der Waals surface area contributed by atoms with Crippen LogP contribution in [0.4, 0.5) is 4.39 Å². The fourth-order valence-electron chi connectivity index (χ4n) is 5.30. The van der Waals surface area contributed by atoms with Crippen LogP contribution in [0.2, 0.25) is 0 Å². The van der Waals surface area contributed by atoms with E-state index < -0.39 is 0 Å². The molecule has 1 aromatic heterocycles. The highest BCUT2D eigenvalue weighted by Gasteiger charge is 2.19. The van der Waals surface area contributed by atoms with Gasteiger partial charge in [-0.15, -0.1) is 0 Å². The van der Waals surface area contributed by atoms with E-state index in [1.165, 1.54) is 55.2 Å². The van der Waals surface area contributed by atoms with Crippen LogP contribution in [0.3, 0.4) is 0 Å². The first-order chi connectivity index (χ1) is 15.8. The summed E-state index contributed by atoms with van der Waals surface area (Å²) in [6.07, 6.45) is 0. The molecule has 0 saturated heterocycles. The monoisotopic (exact) mass is 411 g/mol. The summed E-state index contributed by atoms with van der Waals surface area (Å²) in [5.41, 5.74) is 3.25. The van der Waals surface area contributed by atoms with Gasteiger partial charge in [0.1, 0.15) is 5.82 Å². The molecule has 0 radical (unpaired) electrons. The predicted molar refractivity (Wildman–Crippen MR) is 133 cm³/mol. The zero-order valence-electron chi connectivity index (χ0n) is 17.2. The lowest BCUT2D eigenvalue weighted by Gasteiger charge is -2.13. The summed E-state index contributed by atoms with van der Waals surface area (Å²) in [5.74, 6) is -0.226.